The van der Waals surface area contributed by atoms with Crippen molar-refractivity contribution in [2.24, 2.45) is 5.16 Å². The van der Waals surface area contributed by atoms with Gasteiger partial charge in [0.15, 0.2) is 0 Å². The normalized spacial score (nSPS) is 12.4. The number of hydrogen-bond acceptors (Lipinski definition) is 5. The fourth-order valence-electron chi connectivity index (χ4n) is 2.20. The Morgan fingerprint density at radius 1 is 1.27 bits per heavy atom. The molecule has 11 heteroatoms. The number of ether oxygens (including phenoxy) is 1. The van der Waals surface area contributed by atoms with Gasteiger partial charge in [-0.1, -0.05) is 59.3 Å². The number of alkyl halides is 3. The predicted molar refractivity (Wildman–Crippen MR) is 109 cm³/mol. The van der Waals surface area contributed by atoms with Gasteiger partial charge in [0, 0.05) is 18.0 Å². The van der Waals surface area contributed by atoms with Crippen LogP contribution in [-0.4, -0.2) is 34.7 Å². The lowest BCUT2D eigenvalue weighted by Gasteiger charge is -2.13. The fourth-order valence-corrected chi connectivity index (χ4v) is 2.63. The number of aliphatic carboxylic acids is 1. The predicted octanol–water partition coefficient (Wildman–Crippen LogP) is 4.55. The van der Waals surface area contributed by atoms with Gasteiger partial charge in [0.1, 0.15) is 5.75 Å². The second kappa shape index (κ2) is 10.8. The van der Waals surface area contributed by atoms with Gasteiger partial charge in [-0.25, -0.2) is 4.79 Å². The highest BCUT2D eigenvalue weighted by Gasteiger charge is 2.31. The third-order valence-corrected chi connectivity index (χ3v) is 4.24. The zero-order chi connectivity index (χ0) is 22.1. The van der Waals surface area contributed by atoms with Crippen molar-refractivity contribution in [3.63, 3.8) is 0 Å². The number of thiocarbonyl (C=S) groups is 1. The lowest BCUT2D eigenvalue weighted by atomic mass is 10.2. The van der Waals surface area contributed by atoms with Gasteiger partial charge in [-0.3, -0.25) is 0 Å². The van der Waals surface area contributed by atoms with Gasteiger partial charge in [-0.15, -0.1) is 13.2 Å². The maximum atomic E-state index is 12.3. The number of benzene rings is 2. The summed E-state index contributed by atoms with van der Waals surface area (Å²) in [6.45, 7) is 0.306. The van der Waals surface area contributed by atoms with Crippen LogP contribution in [0.15, 0.2) is 53.7 Å². The SMILES string of the molecule is O=C(O)C(CC(=S)NCc1ccccc1Cl)ON=Cc1cccc(OC(F)(F)F)c1. The van der Waals surface area contributed by atoms with E-state index in [1.54, 1.807) is 24.3 Å². The molecule has 0 aromatic heterocycles. The number of carboxylic acid groups (broad SMARTS) is 1. The van der Waals surface area contributed by atoms with Crippen LogP contribution in [0.25, 0.3) is 0 Å². The quantitative estimate of drug-likeness (QED) is 0.325. The topological polar surface area (TPSA) is 80.2 Å². The Morgan fingerprint density at radius 2 is 2.00 bits per heavy atom. The summed E-state index contributed by atoms with van der Waals surface area (Å²) in [5.41, 5.74) is 1.01. The molecule has 1 unspecified atom stereocenters. The molecule has 0 aliphatic heterocycles. The second-order valence-corrected chi connectivity index (χ2v) is 6.76. The fraction of sp³-hybridized carbons (Fsp3) is 0.211. The largest absolute Gasteiger partial charge is 0.573 e. The van der Waals surface area contributed by atoms with Crippen LogP contribution in [0.2, 0.25) is 5.02 Å². The molecular formula is C19H16ClF3N2O4S. The van der Waals surface area contributed by atoms with Crippen LogP contribution in [0.4, 0.5) is 13.2 Å². The van der Waals surface area contributed by atoms with Gasteiger partial charge in [-0.05, 0) is 29.3 Å². The van der Waals surface area contributed by atoms with Crippen LogP contribution < -0.4 is 10.1 Å². The van der Waals surface area contributed by atoms with Crippen molar-refractivity contribution in [3.05, 3.63) is 64.7 Å². The molecule has 2 N–H and O–H groups in total. The molecule has 0 aliphatic rings. The number of halogens is 4. The van der Waals surface area contributed by atoms with E-state index in [1.807, 2.05) is 0 Å². The van der Waals surface area contributed by atoms with E-state index in [0.717, 1.165) is 23.9 Å². The van der Waals surface area contributed by atoms with Gasteiger partial charge in [0.2, 0.25) is 6.10 Å². The molecule has 2 aromatic carbocycles. The Kier molecular flexibility index (Phi) is 8.43. The minimum Gasteiger partial charge on any atom is -0.478 e. The van der Waals surface area contributed by atoms with E-state index < -0.39 is 24.2 Å². The number of carbonyl (C=O) groups is 1. The van der Waals surface area contributed by atoms with Gasteiger partial charge >= 0.3 is 12.3 Å². The highest BCUT2D eigenvalue weighted by atomic mass is 35.5. The average molecular weight is 461 g/mol. The zero-order valence-corrected chi connectivity index (χ0v) is 16.8. The van der Waals surface area contributed by atoms with Crippen LogP contribution in [-0.2, 0) is 16.2 Å². The molecule has 2 aromatic rings. The molecule has 0 saturated heterocycles. The average Bonchev–Trinajstić information content (AvgIpc) is 2.65. The standard InChI is InChI=1S/C19H16ClF3N2O4S/c20-15-7-2-1-5-13(15)11-24-17(30)9-16(18(26)27)29-25-10-12-4-3-6-14(8-12)28-19(21,22)23/h1-8,10,16H,9,11H2,(H,24,30)(H,26,27). The molecule has 0 saturated carbocycles. The van der Waals surface area contributed by atoms with Crippen LogP contribution in [0, 0.1) is 0 Å². The monoisotopic (exact) mass is 460 g/mol. The molecule has 160 valence electrons. The third kappa shape index (κ3) is 8.26. The number of nitrogens with zero attached hydrogens (tertiary/aromatic N) is 1. The summed E-state index contributed by atoms with van der Waals surface area (Å²) in [6, 6.07) is 12.1. The highest BCUT2D eigenvalue weighted by molar-refractivity contribution is 7.80. The van der Waals surface area contributed by atoms with Crippen LogP contribution in [0.1, 0.15) is 17.5 Å². The van der Waals surface area contributed by atoms with E-state index >= 15 is 0 Å². The van der Waals surface area contributed by atoms with Crippen molar-refractivity contribution < 1.29 is 32.6 Å². The third-order valence-electron chi connectivity index (χ3n) is 3.56. The van der Waals surface area contributed by atoms with E-state index in [9.17, 15) is 23.1 Å². The molecule has 0 amide bonds. The second-order valence-electron chi connectivity index (χ2n) is 5.86. The summed E-state index contributed by atoms with van der Waals surface area (Å²) >= 11 is 11.2. The maximum Gasteiger partial charge on any atom is 0.573 e. The Balaban J connectivity index is 1.91. The Labute approximate surface area is 180 Å². The molecule has 0 aliphatic carbocycles. The van der Waals surface area contributed by atoms with Crippen molar-refractivity contribution in [1.29, 1.82) is 0 Å². The molecule has 2 rings (SSSR count). The van der Waals surface area contributed by atoms with Crippen LogP contribution in [0.5, 0.6) is 5.75 Å². The summed E-state index contributed by atoms with van der Waals surface area (Å²) in [5, 5.41) is 16.2. The molecule has 0 bridgehead atoms. The number of rotatable bonds is 9. The lowest BCUT2D eigenvalue weighted by molar-refractivity contribution is -0.274. The van der Waals surface area contributed by atoms with Crippen molar-refractivity contribution in [2.45, 2.75) is 25.4 Å². The minimum absolute atomic E-state index is 0.163. The first kappa shape index (κ1) is 23.4. The van der Waals surface area contributed by atoms with Crippen LogP contribution >= 0.6 is 23.8 Å². The first-order valence-corrected chi connectivity index (χ1v) is 9.20. The summed E-state index contributed by atoms with van der Waals surface area (Å²) in [6.07, 6.45) is -5.31. The Bertz CT molecular complexity index is 925. The maximum absolute atomic E-state index is 12.3. The van der Waals surface area contributed by atoms with Crippen molar-refractivity contribution in [1.82, 2.24) is 5.32 Å². The molecule has 0 spiro atoms. The summed E-state index contributed by atoms with van der Waals surface area (Å²) in [7, 11) is 0. The van der Waals surface area contributed by atoms with Gasteiger partial charge in [0.25, 0.3) is 0 Å². The lowest BCUT2D eigenvalue weighted by Crippen LogP contribution is -2.31. The zero-order valence-electron chi connectivity index (χ0n) is 15.2. The highest BCUT2D eigenvalue weighted by Crippen LogP contribution is 2.23. The minimum atomic E-state index is -4.83. The number of hydrogen-bond donors (Lipinski definition) is 2. The van der Waals surface area contributed by atoms with Gasteiger partial charge in [-0.2, -0.15) is 0 Å². The molecule has 0 fully saturated rings. The molecule has 0 heterocycles. The summed E-state index contributed by atoms with van der Waals surface area (Å²) < 4.78 is 40.6. The van der Waals surface area contributed by atoms with E-state index in [4.69, 9.17) is 28.7 Å². The van der Waals surface area contributed by atoms with E-state index in [-0.39, 0.29) is 17.0 Å². The summed E-state index contributed by atoms with van der Waals surface area (Å²) in [5.74, 6) is -1.74. The number of oxime groups is 1. The Hall–Kier alpha value is -2.85. The molecular weight excluding hydrogens is 445 g/mol. The van der Waals surface area contributed by atoms with Gasteiger partial charge in [0.05, 0.1) is 11.2 Å². The van der Waals surface area contributed by atoms with Crippen molar-refractivity contribution in [3.8, 4) is 5.75 Å². The molecule has 30 heavy (non-hydrogen) atoms. The van der Waals surface area contributed by atoms with E-state index in [1.165, 1.54) is 12.1 Å². The van der Waals surface area contributed by atoms with Crippen molar-refractivity contribution in [2.75, 3.05) is 0 Å². The summed E-state index contributed by atoms with van der Waals surface area (Å²) in [4.78, 5) is 16.5. The molecule has 1 atom stereocenters. The number of carboxylic acids is 1. The van der Waals surface area contributed by atoms with Gasteiger partial charge < -0.3 is 20.0 Å². The van der Waals surface area contributed by atoms with E-state index in [2.05, 4.69) is 15.2 Å². The first-order valence-electron chi connectivity index (χ1n) is 8.42. The number of nitrogens with one attached hydrogen (secondary N) is 1. The van der Waals surface area contributed by atoms with Crippen LogP contribution in [0.3, 0.4) is 0 Å². The smallest absolute Gasteiger partial charge is 0.478 e. The van der Waals surface area contributed by atoms with Crippen molar-refractivity contribution >= 4 is 41.0 Å². The molecule has 0 radical (unpaired) electrons. The van der Waals surface area contributed by atoms with E-state index in [0.29, 0.717) is 11.6 Å². The Morgan fingerprint density at radius 3 is 2.67 bits per heavy atom. The molecule has 6 nitrogen and oxygen atoms in total. The first-order chi connectivity index (χ1) is 14.1.